The second-order valence-corrected chi connectivity index (χ2v) is 5.20. The lowest BCUT2D eigenvalue weighted by Crippen LogP contribution is -2.10. The summed E-state index contributed by atoms with van der Waals surface area (Å²) in [4.78, 5) is 11.4. The maximum Gasteiger partial charge on any atom is 0.341 e. The van der Waals surface area contributed by atoms with E-state index in [4.69, 9.17) is 11.6 Å². The van der Waals surface area contributed by atoms with Gasteiger partial charge in [0, 0.05) is 5.02 Å². The van der Waals surface area contributed by atoms with Gasteiger partial charge in [0.25, 0.3) is 0 Å². The Morgan fingerprint density at radius 1 is 1.60 bits per heavy atom. The monoisotopic (exact) mass is 291 g/mol. The quantitative estimate of drug-likeness (QED) is 0.912. The molecular weight excluding hydrogens is 278 g/mol. The second kappa shape index (κ2) is 4.83. The predicted octanol–water partition coefficient (Wildman–Crippen LogP) is 2.96. The number of carboxylic acids is 1. The molecule has 1 aliphatic rings. The molecule has 0 aliphatic carbocycles. The summed E-state index contributed by atoms with van der Waals surface area (Å²) >= 11 is 5.99. The predicted molar refractivity (Wildman–Crippen MR) is 76.4 cm³/mol. The van der Waals surface area contributed by atoms with Crippen molar-refractivity contribution < 1.29 is 9.90 Å². The van der Waals surface area contributed by atoms with E-state index in [2.05, 4.69) is 10.4 Å². The number of hydrogen-bond donors (Lipinski definition) is 2. The van der Waals surface area contributed by atoms with Crippen molar-refractivity contribution in [3.05, 3.63) is 46.1 Å². The molecule has 20 heavy (non-hydrogen) atoms. The Morgan fingerprint density at radius 2 is 2.40 bits per heavy atom. The molecule has 3 rings (SSSR count). The van der Waals surface area contributed by atoms with Crippen molar-refractivity contribution in [3.63, 3.8) is 0 Å². The summed E-state index contributed by atoms with van der Waals surface area (Å²) in [5.41, 5.74) is 1.92. The van der Waals surface area contributed by atoms with Crippen molar-refractivity contribution >= 4 is 23.4 Å². The van der Waals surface area contributed by atoms with E-state index in [1.165, 1.54) is 0 Å². The molecule has 1 aromatic carbocycles. The number of halogens is 1. The number of aromatic nitrogens is 2. The topological polar surface area (TPSA) is 67.2 Å². The number of rotatable bonds is 3. The Kier molecular flexibility index (Phi) is 3.14. The molecule has 2 aromatic rings. The van der Waals surface area contributed by atoms with Crippen molar-refractivity contribution in [2.75, 3.05) is 5.32 Å². The minimum Gasteiger partial charge on any atom is -0.477 e. The molecule has 0 radical (unpaired) electrons. The first kappa shape index (κ1) is 13.0. The van der Waals surface area contributed by atoms with Gasteiger partial charge < -0.3 is 10.4 Å². The molecule has 0 spiro atoms. The van der Waals surface area contributed by atoms with E-state index in [0.717, 1.165) is 5.56 Å². The number of aryl methyl sites for hydroxylation is 1. The normalized spacial score (nSPS) is 16.8. The number of fused-ring (bicyclic) bond motifs is 1. The number of nitrogens with zero attached hydrogens (tertiary/aromatic N) is 2. The number of aromatic carboxylic acids is 1. The lowest BCUT2D eigenvalue weighted by atomic mass is 10.1. The van der Waals surface area contributed by atoms with Gasteiger partial charge in [-0.15, -0.1) is 0 Å². The fraction of sp³-hybridized carbons (Fsp3) is 0.286. The highest BCUT2D eigenvalue weighted by atomic mass is 35.5. The summed E-state index contributed by atoms with van der Waals surface area (Å²) < 4.78 is 1.73. The van der Waals surface area contributed by atoms with E-state index in [-0.39, 0.29) is 11.6 Å². The largest absolute Gasteiger partial charge is 0.477 e. The third-order valence-corrected chi connectivity index (χ3v) is 3.73. The van der Waals surface area contributed by atoms with Crippen LogP contribution in [-0.4, -0.2) is 20.9 Å². The number of anilines is 1. The smallest absolute Gasteiger partial charge is 0.341 e. The van der Waals surface area contributed by atoms with E-state index in [0.29, 0.717) is 29.5 Å². The molecule has 0 fully saturated rings. The molecule has 2 N–H and O–H groups in total. The lowest BCUT2D eigenvalue weighted by Gasteiger charge is -2.11. The fourth-order valence-electron chi connectivity index (χ4n) is 2.56. The molecule has 1 aromatic heterocycles. The average molecular weight is 292 g/mol. The van der Waals surface area contributed by atoms with Gasteiger partial charge in [0.2, 0.25) is 0 Å². The zero-order valence-electron chi connectivity index (χ0n) is 10.9. The molecule has 0 bridgehead atoms. The van der Waals surface area contributed by atoms with Crippen LogP contribution in [0.3, 0.4) is 0 Å². The van der Waals surface area contributed by atoms with Crippen LogP contribution in [0.4, 0.5) is 5.82 Å². The number of carboxylic acid groups (broad SMARTS) is 1. The van der Waals surface area contributed by atoms with Crippen LogP contribution < -0.4 is 5.32 Å². The van der Waals surface area contributed by atoms with Gasteiger partial charge in [0.05, 0.1) is 18.3 Å². The number of carbonyl (C=O) groups is 1. The van der Waals surface area contributed by atoms with Gasteiger partial charge in [-0.25, -0.2) is 9.48 Å². The summed E-state index contributed by atoms with van der Waals surface area (Å²) in [5, 5.41) is 17.6. The SMILES string of the molecule is CCc1nn2c(c1C(=O)O)NC(c1cccc(Cl)c1)C2. The van der Waals surface area contributed by atoms with Gasteiger partial charge in [0.15, 0.2) is 0 Å². The summed E-state index contributed by atoms with van der Waals surface area (Å²) in [5.74, 6) is -0.360. The zero-order chi connectivity index (χ0) is 14.3. The molecule has 1 unspecified atom stereocenters. The van der Waals surface area contributed by atoms with Crippen LogP contribution in [0.2, 0.25) is 5.02 Å². The van der Waals surface area contributed by atoms with Gasteiger partial charge in [-0.3, -0.25) is 0 Å². The highest BCUT2D eigenvalue weighted by molar-refractivity contribution is 6.30. The van der Waals surface area contributed by atoms with Crippen LogP contribution in [-0.2, 0) is 13.0 Å². The Bertz CT molecular complexity index is 681. The lowest BCUT2D eigenvalue weighted by molar-refractivity contribution is 0.0697. The van der Waals surface area contributed by atoms with Crippen LogP contribution in [0.1, 0.15) is 34.6 Å². The molecule has 0 saturated carbocycles. The second-order valence-electron chi connectivity index (χ2n) is 4.76. The molecule has 1 aliphatic heterocycles. The van der Waals surface area contributed by atoms with Gasteiger partial charge in [0.1, 0.15) is 11.4 Å². The Labute approximate surface area is 121 Å². The summed E-state index contributed by atoms with van der Waals surface area (Å²) in [7, 11) is 0. The first-order chi connectivity index (χ1) is 9.60. The third-order valence-electron chi connectivity index (χ3n) is 3.49. The minimum atomic E-state index is -0.942. The molecule has 2 heterocycles. The fourth-order valence-corrected chi connectivity index (χ4v) is 2.76. The Hall–Kier alpha value is -2.01. The molecular formula is C14H14ClN3O2. The average Bonchev–Trinajstić information content (AvgIpc) is 2.94. The van der Waals surface area contributed by atoms with E-state index in [1.54, 1.807) is 4.68 Å². The van der Waals surface area contributed by atoms with Crippen LogP contribution in [0, 0.1) is 0 Å². The highest BCUT2D eigenvalue weighted by Crippen LogP contribution is 2.33. The summed E-state index contributed by atoms with van der Waals surface area (Å²) in [6.45, 7) is 2.51. The third kappa shape index (κ3) is 2.04. The van der Waals surface area contributed by atoms with Gasteiger partial charge >= 0.3 is 5.97 Å². The van der Waals surface area contributed by atoms with Gasteiger partial charge in [-0.2, -0.15) is 5.10 Å². The molecule has 0 amide bonds. The van der Waals surface area contributed by atoms with Crippen molar-refractivity contribution in [3.8, 4) is 0 Å². The minimum absolute atomic E-state index is 0.000191. The first-order valence-corrected chi connectivity index (χ1v) is 6.83. The van der Waals surface area contributed by atoms with E-state index < -0.39 is 5.97 Å². The zero-order valence-corrected chi connectivity index (χ0v) is 11.7. The van der Waals surface area contributed by atoms with E-state index >= 15 is 0 Å². The van der Waals surface area contributed by atoms with Crippen LogP contribution >= 0.6 is 11.6 Å². The van der Waals surface area contributed by atoms with E-state index in [9.17, 15) is 9.90 Å². The standard InChI is InChI=1S/C14H14ClN3O2/c1-2-10-12(14(19)20)13-16-11(7-18(13)17-10)8-4-3-5-9(15)6-8/h3-6,11,16H,2,7H2,1H3,(H,19,20). The summed E-state index contributed by atoms with van der Waals surface area (Å²) in [6.07, 6.45) is 0.602. The molecule has 0 saturated heterocycles. The van der Waals surface area contributed by atoms with E-state index in [1.807, 2.05) is 31.2 Å². The number of benzene rings is 1. The summed E-state index contributed by atoms with van der Waals surface area (Å²) in [6, 6.07) is 7.55. The maximum atomic E-state index is 11.4. The highest BCUT2D eigenvalue weighted by Gasteiger charge is 2.30. The number of nitrogens with one attached hydrogen (secondary N) is 1. The van der Waals surface area contributed by atoms with Gasteiger partial charge in [-0.1, -0.05) is 30.7 Å². The first-order valence-electron chi connectivity index (χ1n) is 6.45. The van der Waals surface area contributed by atoms with Crippen LogP contribution in [0.15, 0.2) is 24.3 Å². The molecule has 5 nitrogen and oxygen atoms in total. The van der Waals surface area contributed by atoms with Crippen molar-refractivity contribution in [2.45, 2.75) is 25.9 Å². The van der Waals surface area contributed by atoms with Crippen LogP contribution in [0.25, 0.3) is 0 Å². The number of hydrogen-bond acceptors (Lipinski definition) is 3. The van der Waals surface area contributed by atoms with Crippen LogP contribution in [0.5, 0.6) is 0 Å². The van der Waals surface area contributed by atoms with Crippen molar-refractivity contribution in [1.82, 2.24) is 9.78 Å². The Balaban J connectivity index is 1.95. The van der Waals surface area contributed by atoms with Gasteiger partial charge in [-0.05, 0) is 24.1 Å². The Morgan fingerprint density at radius 3 is 3.05 bits per heavy atom. The van der Waals surface area contributed by atoms with Crippen molar-refractivity contribution in [2.24, 2.45) is 0 Å². The molecule has 6 heteroatoms. The molecule has 1 atom stereocenters. The van der Waals surface area contributed by atoms with Crippen molar-refractivity contribution in [1.29, 1.82) is 0 Å². The molecule has 104 valence electrons. The maximum absolute atomic E-state index is 11.4.